The Labute approximate surface area is 204 Å². The van der Waals surface area contributed by atoms with E-state index >= 15 is 0 Å². The van der Waals surface area contributed by atoms with Gasteiger partial charge >= 0.3 is 6.09 Å². The van der Waals surface area contributed by atoms with Gasteiger partial charge in [0, 0.05) is 31.7 Å². The number of hydrogen-bond donors (Lipinski definition) is 0. The summed E-state index contributed by atoms with van der Waals surface area (Å²) in [7, 11) is 0. The molecule has 2 aromatic carbocycles. The van der Waals surface area contributed by atoms with Gasteiger partial charge in [0.2, 0.25) is 0 Å². The predicted octanol–water partition coefficient (Wildman–Crippen LogP) is 3.44. The Morgan fingerprint density at radius 2 is 1.51 bits per heavy atom. The zero-order valence-corrected chi connectivity index (χ0v) is 20.2. The second-order valence-corrected chi connectivity index (χ2v) is 8.88. The second kappa shape index (κ2) is 10.2. The lowest BCUT2D eigenvalue weighted by Crippen LogP contribution is -2.50. The van der Waals surface area contributed by atoms with E-state index in [-0.39, 0.29) is 29.0 Å². The second-order valence-electron chi connectivity index (χ2n) is 8.88. The first-order chi connectivity index (χ1) is 16.8. The maximum Gasteiger partial charge on any atom is 0.409 e. The summed E-state index contributed by atoms with van der Waals surface area (Å²) in [6, 6.07) is 11.3. The lowest BCUT2D eigenvalue weighted by atomic mass is 10.0. The summed E-state index contributed by atoms with van der Waals surface area (Å²) in [6.45, 7) is 8.14. The summed E-state index contributed by atoms with van der Waals surface area (Å²) in [4.78, 5) is 55.6. The van der Waals surface area contributed by atoms with E-state index in [2.05, 4.69) is 0 Å². The molecule has 9 heteroatoms. The van der Waals surface area contributed by atoms with Crippen LogP contribution < -0.4 is 9.64 Å². The van der Waals surface area contributed by atoms with Crippen molar-refractivity contribution in [3.8, 4) is 5.75 Å². The van der Waals surface area contributed by atoms with Crippen LogP contribution in [0.25, 0.3) is 0 Å². The van der Waals surface area contributed by atoms with Crippen LogP contribution in [0.3, 0.4) is 0 Å². The highest BCUT2D eigenvalue weighted by Gasteiger charge is 2.37. The number of carbonyl (C=O) groups excluding carboxylic acids is 4. The Morgan fingerprint density at radius 3 is 2.14 bits per heavy atom. The Kier molecular flexibility index (Phi) is 7.04. The molecule has 0 aliphatic carbocycles. The molecule has 2 aromatic rings. The van der Waals surface area contributed by atoms with Crippen molar-refractivity contribution in [2.75, 3.05) is 44.3 Å². The van der Waals surface area contributed by atoms with E-state index in [9.17, 15) is 19.2 Å². The monoisotopic (exact) mass is 479 g/mol. The third-order valence-electron chi connectivity index (χ3n) is 5.90. The molecule has 1 fully saturated rings. The van der Waals surface area contributed by atoms with Crippen molar-refractivity contribution in [3.63, 3.8) is 0 Å². The molecule has 4 amide bonds. The van der Waals surface area contributed by atoms with Crippen LogP contribution in [0.1, 0.15) is 51.8 Å². The van der Waals surface area contributed by atoms with Crippen LogP contribution in [0.4, 0.5) is 10.5 Å². The van der Waals surface area contributed by atoms with Gasteiger partial charge in [-0.1, -0.05) is 13.8 Å². The molecule has 0 saturated carbocycles. The van der Waals surface area contributed by atoms with Crippen LogP contribution in [-0.2, 0) is 4.74 Å². The molecule has 0 spiro atoms. The van der Waals surface area contributed by atoms with Crippen molar-refractivity contribution in [2.45, 2.75) is 20.8 Å². The number of benzene rings is 2. The molecule has 184 valence electrons. The molecule has 9 nitrogen and oxygen atoms in total. The molecule has 0 N–H and O–H groups in total. The Morgan fingerprint density at radius 1 is 0.886 bits per heavy atom. The van der Waals surface area contributed by atoms with Gasteiger partial charge < -0.3 is 19.3 Å². The van der Waals surface area contributed by atoms with E-state index in [1.165, 1.54) is 12.1 Å². The van der Waals surface area contributed by atoms with E-state index in [4.69, 9.17) is 9.47 Å². The highest BCUT2D eigenvalue weighted by atomic mass is 16.6. The molecule has 0 atom stereocenters. The third kappa shape index (κ3) is 4.99. The average molecular weight is 480 g/mol. The van der Waals surface area contributed by atoms with Crippen LogP contribution in [0.5, 0.6) is 5.75 Å². The van der Waals surface area contributed by atoms with Crippen molar-refractivity contribution < 1.29 is 28.7 Å². The van der Waals surface area contributed by atoms with Crippen molar-refractivity contribution in [1.82, 2.24) is 9.80 Å². The van der Waals surface area contributed by atoms with E-state index in [0.29, 0.717) is 56.4 Å². The average Bonchev–Trinajstić information content (AvgIpc) is 3.12. The lowest BCUT2D eigenvalue weighted by Gasteiger charge is -2.34. The maximum atomic E-state index is 13.1. The summed E-state index contributed by atoms with van der Waals surface area (Å²) in [6.07, 6.45) is -0.373. The normalized spacial score (nSPS) is 15.5. The first-order valence-electron chi connectivity index (χ1n) is 11.8. The number of carbonyl (C=O) groups is 4. The molecule has 0 radical (unpaired) electrons. The summed E-state index contributed by atoms with van der Waals surface area (Å²) in [5, 5.41) is 0. The van der Waals surface area contributed by atoms with Crippen molar-refractivity contribution in [3.05, 3.63) is 59.2 Å². The van der Waals surface area contributed by atoms with E-state index < -0.39 is 11.8 Å². The molecule has 0 bridgehead atoms. The summed E-state index contributed by atoms with van der Waals surface area (Å²) in [5.41, 5.74) is 1.23. The molecular formula is C26H29N3O6. The number of amides is 4. The SMILES string of the molecule is CCOc1ccc(N2C(=O)c3ccc(C(=O)N4CCN(C(=O)OCC(C)C)CC4)cc3C2=O)cc1. The number of imide groups is 1. The van der Waals surface area contributed by atoms with E-state index in [0.717, 1.165) is 4.90 Å². The highest BCUT2D eigenvalue weighted by Crippen LogP contribution is 2.30. The van der Waals surface area contributed by atoms with Gasteiger partial charge in [-0.2, -0.15) is 0 Å². The zero-order chi connectivity index (χ0) is 25.1. The van der Waals surface area contributed by atoms with Crippen LogP contribution in [-0.4, -0.2) is 73.0 Å². The largest absolute Gasteiger partial charge is 0.494 e. The molecule has 2 aliphatic rings. The molecule has 2 aliphatic heterocycles. The molecule has 0 aromatic heterocycles. The molecule has 1 saturated heterocycles. The number of nitrogens with zero attached hydrogens (tertiary/aromatic N) is 3. The Hall–Kier alpha value is -3.88. The number of fused-ring (bicyclic) bond motifs is 1. The van der Waals surface area contributed by atoms with Gasteiger partial charge in [-0.3, -0.25) is 14.4 Å². The molecule has 35 heavy (non-hydrogen) atoms. The molecular weight excluding hydrogens is 450 g/mol. The number of anilines is 1. The fourth-order valence-corrected chi connectivity index (χ4v) is 4.07. The van der Waals surface area contributed by atoms with Gasteiger partial charge in [-0.05, 0) is 55.3 Å². The highest BCUT2D eigenvalue weighted by molar-refractivity contribution is 6.34. The van der Waals surface area contributed by atoms with Crippen LogP contribution in [0.2, 0.25) is 0 Å². The third-order valence-corrected chi connectivity index (χ3v) is 5.90. The van der Waals surface area contributed by atoms with E-state index in [1.807, 2.05) is 20.8 Å². The van der Waals surface area contributed by atoms with Gasteiger partial charge in [0.25, 0.3) is 17.7 Å². The maximum absolute atomic E-state index is 13.1. The molecule has 4 rings (SSSR count). The van der Waals surface area contributed by atoms with Gasteiger partial charge in [0.15, 0.2) is 0 Å². The van der Waals surface area contributed by atoms with Gasteiger partial charge in [0.1, 0.15) is 5.75 Å². The number of piperazine rings is 1. The standard InChI is InChI=1S/C26H29N3O6/c1-4-34-20-8-6-19(7-9-20)29-24(31)21-10-5-18(15-22(21)25(29)32)23(30)27-11-13-28(14-12-27)26(33)35-16-17(2)3/h5-10,15,17H,4,11-14,16H2,1-3H3. The number of rotatable bonds is 6. The lowest BCUT2D eigenvalue weighted by molar-refractivity contribution is 0.0535. The Balaban J connectivity index is 1.44. The van der Waals surface area contributed by atoms with Gasteiger partial charge in [-0.15, -0.1) is 0 Å². The minimum Gasteiger partial charge on any atom is -0.494 e. The molecule has 2 heterocycles. The van der Waals surface area contributed by atoms with Crippen LogP contribution in [0.15, 0.2) is 42.5 Å². The Bertz CT molecular complexity index is 1140. The topological polar surface area (TPSA) is 96.5 Å². The predicted molar refractivity (Wildman–Crippen MR) is 129 cm³/mol. The fraction of sp³-hybridized carbons (Fsp3) is 0.385. The first kappa shape index (κ1) is 24.3. The number of ether oxygens (including phenoxy) is 2. The van der Waals surface area contributed by atoms with E-state index in [1.54, 1.807) is 40.1 Å². The van der Waals surface area contributed by atoms with Crippen LogP contribution in [0, 0.1) is 5.92 Å². The van der Waals surface area contributed by atoms with Gasteiger partial charge in [0.05, 0.1) is 30.0 Å². The van der Waals surface area contributed by atoms with Crippen molar-refractivity contribution in [2.24, 2.45) is 5.92 Å². The van der Waals surface area contributed by atoms with Crippen molar-refractivity contribution in [1.29, 1.82) is 0 Å². The van der Waals surface area contributed by atoms with Crippen LogP contribution >= 0.6 is 0 Å². The summed E-state index contributed by atoms with van der Waals surface area (Å²) >= 11 is 0. The number of hydrogen-bond acceptors (Lipinski definition) is 6. The fourth-order valence-electron chi connectivity index (χ4n) is 4.07. The molecule has 0 unspecified atom stereocenters. The minimum atomic E-state index is -0.471. The quantitative estimate of drug-likeness (QED) is 0.589. The zero-order valence-electron chi connectivity index (χ0n) is 20.2. The smallest absolute Gasteiger partial charge is 0.409 e. The summed E-state index contributed by atoms with van der Waals surface area (Å²) in [5.74, 6) is -0.249. The first-order valence-corrected chi connectivity index (χ1v) is 11.8. The minimum absolute atomic E-state index is 0.200. The van der Waals surface area contributed by atoms with Crippen molar-refractivity contribution >= 4 is 29.5 Å². The van der Waals surface area contributed by atoms with Gasteiger partial charge in [-0.25, -0.2) is 9.69 Å². The summed E-state index contributed by atoms with van der Waals surface area (Å²) < 4.78 is 10.7.